The van der Waals surface area contributed by atoms with Gasteiger partial charge in [0.15, 0.2) is 0 Å². The normalized spacial score (nSPS) is 10.4. The maximum Gasteiger partial charge on any atom is 1.00 e. The summed E-state index contributed by atoms with van der Waals surface area (Å²) < 4.78 is 0. The van der Waals surface area contributed by atoms with Crippen molar-refractivity contribution >= 4 is 0 Å². The summed E-state index contributed by atoms with van der Waals surface area (Å²) in [5.74, 6) is 0. The molecule has 2 nitrogen and oxygen atoms in total. The van der Waals surface area contributed by atoms with Crippen molar-refractivity contribution in [2.45, 2.75) is 39.8 Å². The van der Waals surface area contributed by atoms with Crippen LogP contribution >= 0.6 is 0 Å². The van der Waals surface area contributed by atoms with Gasteiger partial charge >= 0.3 is 18.9 Å². The quantitative estimate of drug-likeness (QED) is 0.480. The minimum absolute atomic E-state index is 0. The summed E-state index contributed by atoms with van der Waals surface area (Å²) in [5, 5.41) is 6.32. The van der Waals surface area contributed by atoms with Crippen molar-refractivity contribution < 1.29 is 20.3 Å². The van der Waals surface area contributed by atoms with Gasteiger partial charge in [0.2, 0.25) is 0 Å². The molecule has 11 heavy (non-hydrogen) atoms. The van der Waals surface area contributed by atoms with Crippen LogP contribution in [0.25, 0.3) is 0 Å². The van der Waals surface area contributed by atoms with Gasteiger partial charge in [0, 0.05) is 24.5 Å². The Bertz CT molecular complexity index is 93.2. The zero-order chi connectivity index (χ0) is 7.98. The Morgan fingerprint density at radius 2 is 1.18 bits per heavy atom. The van der Waals surface area contributed by atoms with Crippen LogP contribution in [0.4, 0.5) is 0 Å². The minimum atomic E-state index is 0. The average molecular weight is 150 g/mol. The van der Waals surface area contributed by atoms with Crippen molar-refractivity contribution in [3.8, 4) is 0 Å². The van der Waals surface area contributed by atoms with Crippen LogP contribution in [0.5, 0.6) is 0 Å². The maximum atomic E-state index is 3.16. The van der Waals surface area contributed by atoms with E-state index in [4.69, 9.17) is 0 Å². The third-order valence-corrected chi connectivity index (χ3v) is 0.942. The van der Waals surface area contributed by atoms with Gasteiger partial charge in [-0.05, 0) is 27.7 Å². The van der Waals surface area contributed by atoms with E-state index in [2.05, 4.69) is 38.3 Å². The predicted octanol–water partition coefficient (Wildman–Crippen LogP) is -1.43. The first-order valence-electron chi connectivity index (χ1n) is 3.80. The molecule has 0 fully saturated rings. The van der Waals surface area contributed by atoms with Crippen molar-refractivity contribution in [1.82, 2.24) is 10.6 Å². The zero-order valence-electron chi connectivity index (χ0n) is 9.31. The molecule has 0 spiro atoms. The monoisotopic (exact) mass is 150 g/mol. The number of rotatable bonds is 4. The third kappa shape index (κ3) is 13.0. The Balaban J connectivity index is -0.000000405. The van der Waals surface area contributed by atoms with Crippen LogP contribution in [0.3, 0.4) is 0 Å². The molecule has 62 valence electrons. The van der Waals surface area contributed by atoms with Gasteiger partial charge in [-0.3, -0.25) is 0 Å². The molecule has 0 radical (unpaired) electrons. The molecule has 0 aliphatic heterocycles. The molecule has 0 amide bonds. The molecule has 0 atom stereocenters. The summed E-state index contributed by atoms with van der Waals surface area (Å²) in [6.07, 6.45) is 3.87. The molecule has 0 aromatic carbocycles. The largest absolute Gasteiger partial charge is 1.00 e. The Labute approximate surface area is 83.5 Å². The van der Waals surface area contributed by atoms with Crippen molar-refractivity contribution in [3.63, 3.8) is 0 Å². The summed E-state index contributed by atoms with van der Waals surface area (Å²) in [6, 6.07) is 1.04. The Morgan fingerprint density at radius 1 is 0.909 bits per heavy atom. The fourth-order valence-corrected chi connectivity index (χ4v) is 0.481. The molecule has 3 heteroatoms. The fraction of sp³-hybridized carbons (Fsp3) is 0.750. The molecule has 0 aliphatic rings. The topological polar surface area (TPSA) is 24.1 Å². The van der Waals surface area contributed by atoms with Crippen LogP contribution in [-0.2, 0) is 0 Å². The standard InChI is InChI=1S/C8H18N2.Li.H/c1-7(2)9-5-6-10-8(3)4;;/h5-10H,1-4H3;;/q;+1;-1. The van der Waals surface area contributed by atoms with Crippen LogP contribution in [-0.4, -0.2) is 12.1 Å². The number of nitrogens with one attached hydrogen (secondary N) is 2. The van der Waals surface area contributed by atoms with E-state index in [9.17, 15) is 0 Å². The third-order valence-electron chi connectivity index (χ3n) is 0.942. The Morgan fingerprint density at radius 3 is 1.36 bits per heavy atom. The molecular formula is C8H19LiN2. The van der Waals surface area contributed by atoms with Crippen LogP contribution < -0.4 is 29.5 Å². The molecule has 0 saturated carbocycles. The van der Waals surface area contributed by atoms with Crippen molar-refractivity contribution in [1.29, 1.82) is 0 Å². The van der Waals surface area contributed by atoms with Gasteiger partial charge in [0.05, 0.1) is 0 Å². The maximum absolute atomic E-state index is 3.16. The van der Waals surface area contributed by atoms with E-state index >= 15 is 0 Å². The first kappa shape index (κ1) is 13.5. The first-order chi connectivity index (χ1) is 4.63. The SMILES string of the molecule is CC(C)NC=CNC(C)C.[H-].[Li+]. The molecule has 0 aromatic heterocycles. The second-order valence-electron chi connectivity index (χ2n) is 2.98. The van der Waals surface area contributed by atoms with E-state index in [0.29, 0.717) is 12.1 Å². The van der Waals surface area contributed by atoms with Crippen LogP contribution in [0.2, 0.25) is 0 Å². The van der Waals surface area contributed by atoms with Crippen molar-refractivity contribution in [3.05, 3.63) is 12.4 Å². The van der Waals surface area contributed by atoms with E-state index in [-0.39, 0.29) is 20.3 Å². The second-order valence-corrected chi connectivity index (χ2v) is 2.98. The van der Waals surface area contributed by atoms with E-state index in [0.717, 1.165) is 0 Å². The van der Waals surface area contributed by atoms with Gasteiger partial charge in [-0.15, -0.1) is 0 Å². The second kappa shape index (κ2) is 8.04. The molecule has 0 unspecified atom stereocenters. The smallest absolute Gasteiger partial charge is 1.00 e. The summed E-state index contributed by atoms with van der Waals surface area (Å²) in [5.41, 5.74) is 0. The molecule has 2 N–H and O–H groups in total. The first-order valence-corrected chi connectivity index (χ1v) is 3.80. The molecule has 0 heterocycles. The molecule has 0 saturated heterocycles. The number of hydrogen-bond donors (Lipinski definition) is 2. The van der Waals surface area contributed by atoms with Gasteiger partial charge in [0.1, 0.15) is 0 Å². The average Bonchev–Trinajstić information content (AvgIpc) is 1.79. The molecule has 0 bridgehead atoms. The molecule has 0 aliphatic carbocycles. The summed E-state index contributed by atoms with van der Waals surface area (Å²) in [6.45, 7) is 8.44. The summed E-state index contributed by atoms with van der Waals surface area (Å²) in [7, 11) is 0. The van der Waals surface area contributed by atoms with E-state index in [1.165, 1.54) is 0 Å². The van der Waals surface area contributed by atoms with Crippen molar-refractivity contribution in [2.75, 3.05) is 0 Å². The Kier molecular flexibility index (Phi) is 9.88. The van der Waals surface area contributed by atoms with Gasteiger partial charge in [0.25, 0.3) is 0 Å². The van der Waals surface area contributed by atoms with E-state index < -0.39 is 0 Å². The minimum Gasteiger partial charge on any atom is -1.00 e. The number of hydrogen-bond acceptors (Lipinski definition) is 2. The van der Waals surface area contributed by atoms with Crippen molar-refractivity contribution in [2.24, 2.45) is 0 Å². The van der Waals surface area contributed by atoms with E-state index in [1.807, 2.05) is 12.4 Å². The molecule has 0 rings (SSSR count). The van der Waals surface area contributed by atoms with Gasteiger partial charge in [-0.1, -0.05) is 0 Å². The van der Waals surface area contributed by atoms with Gasteiger partial charge in [-0.25, -0.2) is 0 Å². The summed E-state index contributed by atoms with van der Waals surface area (Å²) >= 11 is 0. The van der Waals surface area contributed by atoms with Crippen LogP contribution in [0, 0.1) is 0 Å². The van der Waals surface area contributed by atoms with Gasteiger partial charge in [-0.2, -0.15) is 0 Å². The Hall–Kier alpha value is -0.0626. The molecular weight excluding hydrogens is 131 g/mol. The summed E-state index contributed by atoms with van der Waals surface area (Å²) in [4.78, 5) is 0. The van der Waals surface area contributed by atoms with E-state index in [1.54, 1.807) is 0 Å². The molecule has 0 aromatic rings. The zero-order valence-corrected chi connectivity index (χ0v) is 8.31. The van der Waals surface area contributed by atoms with Gasteiger partial charge < -0.3 is 12.1 Å². The van der Waals surface area contributed by atoms with Crippen LogP contribution in [0.1, 0.15) is 29.1 Å². The fourth-order valence-electron chi connectivity index (χ4n) is 0.481. The van der Waals surface area contributed by atoms with Crippen LogP contribution in [0.15, 0.2) is 12.4 Å². The predicted molar refractivity (Wildman–Crippen MR) is 46.8 cm³/mol.